The molecule has 0 radical (unpaired) electrons. The minimum absolute atomic E-state index is 0.0489. The minimum atomic E-state index is -0.632. The first-order valence-corrected chi connectivity index (χ1v) is 11.6. The van der Waals surface area contributed by atoms with Crippen LogP contribution >= 0.6 is 11.3 Å². The second-order valence-corrected chi connectivity index (χ2v) is 9.48. The Labute approximate surface area is 183 Å². The van der Waals surface area contributed by atoms with Crippen molar-refractivity contribution in [2.45, 2.75) is 53.1 Å². The van der Waals surface area contributed by atoms with Crippen LogP contribution < -0.4 is 10.6 Å². The fraction of sp³-hybridized carbons (Fsp3) is 0.522. The van der Waals surface area contributed by atoms with Gasteiger partial charge in [-0.2, -0.15) is 0 Å². The van der Waals surface area contributed by atoms with Crippen molar-refractivity contribution in [3.05, 3.63) is 46.5 Å². The van der Waals surface area contributed by atoms with E-state index in [1.54, 1.807) is 6.07 Å². The topological polar surface area (TPSA) is 74.3 Å². The van der Waals surface area contributed by atoms with E-state index in [1.165, 1.54) is 24.2 Å². The van der Waals surface area contributed by atoms with Gasteiger partial charge in [0.25, 0.3) is 5.91 Å². The molecule has 1 aliphatic rings. The number of rotatable bonds is 7. The third kappa shape index (κ3) is 5.89. The van der Waals surface area contributed by atoms with Gasteiger partial charge in [0, 0.05) is 24.0 Å². The second-order valence-electron chi connectivity index (χ2n) is 8.63. The van der Waals surface area contributed by atoms with Crippen LogP contribution in [0.5, 0.6) is 0 Å². The predicted molar refractivity (Wildman–Crippen MR) is 122 cm³/mol. The summed E-state index contributed by atoms with van der Waals surface area (Å²) in [6.45, 7) is 11.0. The van der Waals surface area contributed by atoms with E-state index in [2.05, 4.69) is 27.4 Å². The van der Waals surface area contributed by atoms with Gasteiger partial charge in [-0.15, -0.1) is 11.3 Å². The zero-order valence-corrected chi connectivity index (χ0v) is 19.1. The Morgan fingerprint density at radius 1 is 1.30 bits per heavy atom. The number of nitrogens with one attached hydrogen (secondary N) is 2. The van der Waals surface area contributed by atoms with Gasteiger partial charge in [-0.25, -0.2) is 4.98 Å². The predicted octanol–water partition coefficient (Wildman–Crippen LogP) is 4.08. The maximum atomic E-state index is 12.9. The van der Waals surface area contributed by atoms with Gasteiger partial charge < -0.3 is 10.6 Å². The summed E-state index contributed by atoms with van der Waals surface area (Å²) in [7, 11) is 0. The Hall–Kier alpha value is -2.25. The number of piperidine rings is 1. The number of hydrogen-bond donors (Lipinski definition) is 2. The summed E-state index contributed by atoms with van der Waals surface area (Å²) in [6.07, 6.45) is 2.52. The van der Waals surface area contributed by atoms with Crippen molar-refractivity contribution in [2.24, 2.45) is 11.8 Å². The van der Waals surface area contributed by atoms with E-state index in [1.807, 2.05) is 44.4 Å². The minimum Gasteiger partial charge on any atom is -0.340 e. The number of likely N-dealkylation sites (tertiary alicyclic amines) is 1. The quantitative estimate of drug-likeness (QED) is 0.697. The van der Waals surface area contributed by atoms with Crippen molar-refractivity contribution < 1.29 is 9.59 Å². The summed E-state index contributed by atoms with van der Waals surface area (Å²) in [4.78, 5) is 32.6. The largest absolute Gasteiger partial charge is 0.340 e. The van der Waals surface area contributed by atoms with E-state index in [0.29, 0.717) is 10.7 Å². The lowest BCUT2D eigenvalue weighted by atomic mass is 10.0. The Morgan fingerprint density at radius 2 is 2.07 bits per heavy atom. The van der Waals surface area contributed by atoms with Crippen LogP contribution in [0.1, 0.15) is 55.2 Å². The Kier molecular flexibility index (Phi) is 7.61. The van der Waals surface area contributed by atoms with Crippen molar-refractivity contribution in [1.29, 1.82) is 0 Å². The lowest BCUT2D eigenvalue weighted by molar-refractivity contribution is -0.118. The smallest absolute Gasteiger partial charge is 0.252 e. The molecule has 30 heavy (non-hydrogen) atoms. The summed E-state index contributed by atoms with van der Waals surface area (Å²) in [5.74, 6) is 0.202. The molecule has 0 unspecified atom stereocenters. The monoisotopic (exact) mass is 428 g/mol. The van der Waals surface area contributed by atoms with E-state index < -0.39 is 6.04 Å². The number of anilines is 1. The first-order chi connectivity index (χ1) is 14.3. The first kappa shape index (κ1) is 22.4. The van der Waals surface area contributed by atoms with Gasteiger partial charge in [-0.3, -0.25) is 14.5 Å². The number of aromatic nitrogens is 1. The molecule has 1 aromatic heterocycles. The summed E-state index contributed by atoms with van der Waals surface area (Å²) >= 11 is 1.43. The highest BCUT2D eigenvalue weighted by molar-refractivity contribution is 7.13. The highest BCUT2D eigenvalue weighted by atomic mass is 32.1. The second kappa shape index (κ2) is 10.2. The van der Waals surface area contributed by atoms with Gasteiger partial charge >= 0.3 is 0 Å². The van der Waals surface area contributed by atoms with Crippen molar-refractivity contribution in [3.63, 3.8) is 0 Å². The fourth-order valence-electron chi connectivity index (χ4n) is 3.86. The van der Waals surface area contributed by atoms with Crippen molar-refractivity contribution in [2.75, 3.05) is 18.4 Å². The van der Waals surface area contributed by atoms with Gasteiger partial charge in [0.05, 0.1) is 5.69 Å². The average molecular weight is 429 g/mol. The molecule has 2 amide bonds. The Morgan fingerprint density at radius 3 is 2.77 bits per heavy atom. The number of amides is 2. The van der Waals surface area contributed by atoms with Crippen molar-refractivity contribution in [1.82, 2.24) is 15.2 Å². The molecule has 1 saturated heterocycles. The summed E-state index contributed by atoms with van der Waals surface area (Å²) in [5, 5.41) is 8.37. The molecule has 2 aromatic rings. The van der Waals surface area contributed by atoms with E-state index in [0.717, 1.165) is 36.8 Å². The van der Waals surface area contributed by atoms with E-state index in [-0.39, 0.29) is 17.7 Å². The standard InChI is InChI=1S/C23H32N4O2S/c1-15(2)20(25-21(28)19-10-6-5-9-17(19)4)22(29)26-23-24-18(14-30-23)13-27-11-7-8-16(3)12-27/h5-6,9-10,14-16,20H,7-8,11-13H2,1-4H3,(H,25,28)(H,24,26,29)/t16-,20+/m0/s1. The lowest BCUT2D eigenvalue weighted by Crippen LogP contribution is -2.47. The summed E-state index contributed by atoms with van der Waals surface area (Å²) < 4.78 is 0. The molecule has 0 saturated carbocycles. The lowest BCUT2D eigenvalue weighted by Gasteiger charge is -2.30. The molecule has 1 aromatic carbocycles. The molecule has 0 aliphatic carbocycles. The van der Waals surface area contributed by atoms with Gasteiger partial charge in [0.1, 0.15) is 6.04 Å². The maximum Gasteiger partial charge on any atom is 0.252 e. The Balaban J connectivity index is 1.60. The number of thiazole rings is 1. The van der Waals surface area contributed by atoms with Crippen LogP contribution in [0.2, 0.25) is 0 Å². The molecule has 2 atom stereocenters. The van der Waals surface area contributed by atoms with Gasteiger partial charge in [-0.05, 0) is 49.8 Å². The van der Waals surface area contributed by atoms with Gasteiger partial charge in [0.15, 0.2) is 5.13 Å². The maximum absolute atomic E-state index is 12.9. The number of carbonyl (C=O) groups excluding carboxylic acids is 2. The highest BCUT2D eigenvalue weighted by Crippen LogP contribution is 2.21. The molecule has 7 heteroatoms. The summed E-state index contributed by atoms with van der Waals surface area (Å²) in [6, 6.07) is 6.75. The van der Waals surface area contributed by atoms with E-state index in [9.17, 15) is 9.59 Å². The first-order valence-electron chi connectivity index (χ1n) is 10.7. The SMILES string of the molecule is Cc1ccccc1C(=O)N[C@@H](C(=O)Nc1nc(CN2CCC[C@H](C)C2)cs1)C(C)C. The van der Waals surface area contributed by atoms with Crippen molar-refractivity contribution in [3.8, 4) is 0 Å². The average Bonchev–Trinajstić information content (AvgIpc) is 3.12. The fourth-order valence-corrected chi connectivity index (χ4v) is 4.57. The molecule has 3 rings (SSSR count). The number of benzene rings is 1. The number of carbonyl (C=O) groups is 2. The third-order valence-corrected chi connectivity index (χ3v) is 6.34. The van der Waals surface area contributed by atoms with Crippen LogP contribution in [-0.4, -0.2) is 40.8 Å². The molecule has 0 bridgehead atoms. The normalized spacial score (nSPS) is 18.2. The molecule has 2 N–H and O–H groups in total. The number of nitrogens with zero attached hydrogens (tertiary/aromatic N) is 2. The highest BCUT2D eigenvalue weighted by Gasteiger charge is 2.26. The zero-order valence-electron chi connectivity index (χ0n) is 18.3. The van der Waals surface area contributed by atoms with Crippen LogP contribution in [0.4, 0.5) is 5.13 Å². The summed E-state index contributed by atoms with van der Waals surface area (Å²) in [5.41, 5.74) is 2.45. The molecule has 2 heterocycles. The van der Waals surface area contributed by atoms with Crippen LogP contribution in [0.15, 0.2) is 29.6 Å². The number of hydrogen-bond acceptors (Lipinski definition) is 5. The molecule has 1 aliphatic heterocycles. The van der Waals surface area contributed by atoms with Crippen LogP contribution in [0.3, 0.4) is 0 Å². The van der Waals surface area contributed by atoms with E-state index >= 15 is 0 Å². The van der Waals surface area contributed by atoms with Gasteiger partial charge in [0.2, 0.25) is 5.91 Å². The molecule has 162 valence electrons. The molecule has 0 spiro atoms. The molecular formula is C23H32N4O2S. The van der Waals surface area contributed by atoms with Crippen LogP contribution in [0, 0.1) is 18.8 Å². The molecular weight excluding hydrogens is 396 g/mol. The number of aryl methyl sites for hydroxylation is 1. The molecule has 6 nitrogen and oxygen atoms in total. The van der Waals surface area contributed by atoms with E-state index in [4.69, 9.17) is 0 Å². The third-order valence-electron chi connectivity index (χ3n) is 5.53. The Bertz CT molecular complexity index is 880. The van der Waals surface area contributed by atoms with Crippen molar-refractivity contribution >= 4 is 28.3 Å². The van der Waals surface area contributed by atoms with Crippen LogP contribution in [0.25, 0.3) is 0 Å². The van der Waals surface area contributed by atoms with Gasteiger partial charge in [-0.1, -0.05) is 39.0 Å². The van der Waals surface area contributed by atoms with Crippen LogP contribution in [-0.2, 0) is 11.3 Å². The molecule has 1 fully saturated rings. The zero-order chi connectivity index (χ0) is 21.7.